The molecule has 90 valence electrons. The summed E-state index contributed by atoms with van der Waals surface area (Å²) in [5.41, 5.74) is 0. The lowest BCUT2D eigenvalue weighted by Crippen LogP contribution is -2.18. The van der Waals surface area contributed by atoms with E-state index < -0.39 is 12.1 Å². The molecule has 1 aliphatic heterocycles. The Balaban J connectivity index is 2.58. The van der Waals surface area contributed by atoms with Crippen LogP contribution in [-0.2, 0) is 14.3 Å². The Labute approximate surface area is 116 Å². The van der Waals surface area contributed by atoms with Crippen molar-refractivity contribution in [3.05, 3.63) is 8.96 Å². The van der Waals surface area contributed by atoms with E-state index in [9.17, 15) is 9.59 Å². The van der Waals surface area contributed by atoms with Crippen molar-refractivity contribution in [3.63, 3.8) is 0 Å². The summed E-state index contributed by atoms with van der Waals surface area (Å²) in [7, 11) is 0. The van der Waals surface area contributed by atoms with Crippen LogP contribution < -0.4 is 0 Å². The first kappa shape index (κ1) is 14.3. The molecule has 0 bridgehead atoms. The highest BCUT2D eigenvalue weighted by molar-refractivity contribution is 9.14. The van der Waals surface area contributed by atoms with Crippen molar-refractivity contribution in [3.8, 4) is 0 Å². The number of halogens is 2. The molecule has 0 N–H and O–H groups in total. The zero-order valence-corrected chi connectivity index (χ0v) is 13.2. The molecule has 0 spiro atoms. The van der Waals surface area contributed by atoms with Gasteiger partial charge < -0.3 is 4.74 Å². The predicted octanol–water partition coefficient (Wildman–Crippen LogP) is 3.36. The molecule has 1 rings (SSSR count). The molecule has 16 heavy (non-hydrogen) atoms. The van der Waals surface area contributed by atoms with Crippen molar-refractivity contribution >= 4 is 54.7 Å². The first-order valence-electron chi connectivity index (χ1n) is 4.68. The van der Waals surface area contributed by atoms with Gasteiger partial charge in [-0.1, -0.05) is 48.5 Å². The van der Waals surface area contributed by atoms with E-state index in [1.807, 2.05) is 20.8 Å². The minimum Gasteiger partial charge on any atom is -0.452 e. The van der Waals surface area contributed by atoms with Gasteiger partial charge in [-0.05, 0) is 15.9 Å². The number of thioether (sulfide) groups is 1. The first-order valence-corrected chi connectivity index (χ1v) is 7.09. The summed E-state index contributed by atoms with van der Waals surface area (Å²) < 4.78 is 5.89. The average molecular weight is 372 g/mol. The van der Waals surface area contributed by atoms with Gasteiger partial charge in [0.2, 0.25) is 0 Å². The van der Waals surface area contributed by atoms with Crippen LogP contribution in [0.1, 0.15) is 27.2 Å². The second kappa shape index (κ2) is 5.23. The van der Waals surface area contributed by atoms with Crippen LogP contribution in [0.2, 0.25) is 0 Å². The topological polar surface area (TPSA) is 43.4 Å². The van der Waals surface area contributed by atoms with E-state index in [2.05, 4.69) is 31.9 Å². The highest BCUT2D eigenvalue weighted by Crippen LogP contribution is 2.35. The van der Waals surface area contributed by atoms with Crippen LogP contribution in [-0.4, -0.2) is 21.9 Å². The summed E-state index contributed by atoms with van der Waals surface area (Å²) in [6, 6.07) is 0. The van der Waals surface area contributed by atoms with E-state index in [4.69, 9.17) is 4.74 Å². The van der Waals surface area contributed by atoms with Crippen molar-refractivity contribution in [2.45, 2.75) is 38.0 Å². The number of esters is 1. The summed E-state index contributed by atoms with van der Waals surface area (Å²) in [5, 5.41) is 0.0180. The lowest BCUT2D eigenvalue weighted by molar-refractivity contribution is -0.139. The number of cyclic esters (lactones) is 1. The minimum atomic E-state index is -0.482. The van der Waals surface area contributed by atoms with Crippen molar-refractivity contribution in [1.82, 2.24) is 0 Å². The number of ether oxygens (including phenoxy) is 1. The fourth-order valence-electron chi connectivity index (χ4n) is 1.14. The fraction of sp³-hybridized carbons (Fsp3) is 0.600. The Morgan fingerprint density at radius 3 is 2.38 bits per heavy atom. The normalized spacial score (nSPS) is 21.3. The van der Waals surface area contributed by atoms with Gasteiger partial charge in [0.05, 0.1) is 10.9 Å². The monoisotopic (exact) mass is 370 g/mol. The van der Waals surface area contributed by atoms with E-state index in [0.717, 1.165) is 0 Å². The Bertz CT molecular complexity index is 358. The molecule has 0 unspecified atom stereocenters. The molecule has 3 nitrogen and oxygen atoms in total. The largest absolute Gasteiger partial charge is 0.452 e. The highest BCUT2D eigenvalue weighted by atomic mass is 79.9. The molecule has 1 atom stereocenters. The van der Waals surface area contributed by atoms with Crippen LogP contribution in [0.4, 0.5) is 0 Å². The standard InChI is InChI=1S/C10H12Br2O3S/c1-10(2,3)16-6(13)4-5-7(11)8(12)9(14)15-5/h5H,4H2,1-3H3/t5-/m1/s1. The van der Waals surface area contributed by atoms with E-state index in [1.165, 1.54) is 11.8 Å². The lowest BCUT2D eigenvalue weighted by Gasteiger charge is -2.17. The van der Waals surface area contributed by atoms with Crippen molar-refractivity contribution in [1.29, 1.82) is 0 Å². The molecule has 0 aromatic rings. The number of hydrogen-bond donors (Lipinski definition) is 0. The van der Waals surface area contributed by atoms with Gasteiger partial charge in [0.15, 0.2) is 5.12 Å². The molecule has 6 heteroatoms. The van der Waals surface area contributed by atoms with Gasteiger partial charge in [0.1, 0.15) is 10.6 Å². The third-order valence-electron chi connectivity index (χ3n) is 1.69. The van der Waals surface area contributed by atoms with E-state index >= 15 is 0 Å². The molecule has 0 radical (unpaired) electrons. The predicted molar refractivity (Wildman–Crippen MR) is 71.7 cm³/mol. The first-order chi connectivity index (χ1) is 7.20. The van der Waals surface area contributed by atoms with Crippen LogP contribution in [0, 0.1) is 0 Å². The van der Waals surface area contributed by atoms with Crippen molar-refractivity contribution in [2.24, 2.45) is 0 Å². The third kappa shape index (κ3) is 3.89. The zero-order chi connectivity index (χ0) is 12.5. The van der Waals surface area contributed by atoms with E-state index in [0.29, 0.717) is 8.96 Å². The molecule has 0 aliphatic carbocycles. The van der Waals surface area contributed by atoms with Gasteiger partial charge >= 0.3 is 5.97 Å². The van der Waals surface area contributed by atoms with Crippen LogP contribution in [0.25, 0.3) is 0 Å². The maximum absolute atomic E-state index is 11.7. The molecule has 1 heterocycles. The summed E-state index contributed by atoms with van der Waals surface area (Å²) >= 11 is 7.60. The Morgan fingerprint density at radius 1 is 1.44 bits per heavy atom. The molecule has 0 amide bonds. The maximum Gasteiger partial charge on any atom is 0.346 e. The third-order valence-corrected chi connectivity index (χ3v) is 4.89. The Morgan fingerprint density at radius 2 is 2.00 bits per heavy atom. The van der Waals surface area contributed by atoms with Gasteiger partial charge in [-0.25, -0.2) is 4.79 Å². The van der Waals surface area contributed by atoms with Crippen LogP contribution in [0.3, 0.4) is 0 Å². The summed E-state index contributed by atoms with van der Waals surface area (Å²) in [5.74, 6) is -0.426. The number of rotatable bonds is 2. The lowest BCUT2D eigenvalue weighted by atomic mass is 10.2. The number of carbonyl (C=O) groups excluding carboxylic acids is 2. The molecule has 0 aromatic heterocycles. The molecule has 0 fully saturated rings. The molecule has 0 saturated carbocycles. The van der Waals surface area contributed by atoms with Gasteiger partial charge in [0.25, 0.3) is 0 Å². The van der Waals surface area contributed by atoms with Gasteiger partial charge in [0, 0.05) is 4.75 Å². The average Bonchev–Trinajstić information content (AvgIpc) is 2.30. The maximum atomic E-state index is 11.7. The van der Waals surface area contributed by atoms with E-state index in [-0.39, 0.29) is 16.3 Å². The van der Waals surface area contributed by atoms with Gasteiger partial charge in [-0.3, -0.25) is 4.79 Å². The Hall–Kier alpha value is 0.190. The molecule has 0 aromatic carbocycles. The zero-order valence-electron chi connectivity index (χ0n) is 9.17. The molecular formula is C10H12Br2O3S. The van der Waals surface area contributed by atoms with Crippen LogP contribution in [0.5, 0.6) is 0 Å². The van der Waals surface area contributed by atoms with Gasteiger partial charge in [-0.2, -0.15) is 0 Å². The van der Waals surface area contributed by atoms with Gasteiger partial charge in [-0.15, -0.1) is 0 Å². The quantitative estimate of drug-likeness (QED) is 0.698. The number of carbonyl (C=O) groups is 2. The SMILES string of the molecule is CC(C)(C)SC(=O)C[C@H]1OC(=O)C(Br)=C1Br. The minimum absolute atomic E-state index is 0.0180. The van der Waals surface area contributed by atoms with E-state index in [1.54, 1.807) is 0 Å². The Kier molecular flexibility index (Phi) is 4.66. The van der Waals surface area contributed by atoms with Crippen molar-refractivity contribution in [2.75, 3.05) is 0 Å². The summed E-state index contributed by atoms with van der Waals surface area (Å²) in [6.07, 6.45) is -0.284. The highest BCUT2D eigenvalue weighted by Gasteiger charge is 2.33. The second-order valence-corrected chi connectivity index (χ2v) is 7.88. The fourth-order valence-corrected chi connectivity index (χ4v) is 2.82. The second-order valence-electron chi connectivity index (χ2n) is 4.35. The smallest absolute Gasteiger partial charge is 0.346 e. The van der Waals surface area contributed by atoms with Crippen LogP contribution in [0.15, 0.2) is 8.96 Å². The number of hydrogen-bond acceptors (Lipinski definition) is 4. The van der Waals surface area contributed by atoms with Crippen LogP contribution >= 0.6 is 43.6 Å². The summed E-state index contributed by atoms with van der Waals surface area (Å²) in [4.78, 5) is 22.9. The molecule has 1 aliphatic rings. The van der Waals surface area contributed by atoms with Crippen molar-refractivity contribution < 1.29 is 14.3 Å². The molecule has 0 saturated heterocycles. The molecular weight excluding hydrogens is 360 g/mol. The summed E-state index contributed by atoms with van der Waals surface area (Å²) in [6.45, 7) is 5.91.